The molecule has 0 aliphatic heterocycles. The lowest BCUT2D eigenvalue weighted by molar-refractivity contribution is -0.138. The Labute approximate surface area is 190 Å². The smallest absolute Gasteiger partial charge is 0.322 e. The molecule has 1 aromatic heterocycles. The zero-order valence-corrected chi connectivity index (χ0v) is 17.9. The van der Waals surface area contributed by atoms with Crippen LogP contribution in [0.15, 0.2) is 23.7 Å². The molecule has 2 aromatic rings. The number of carbonyl (C=O) groups excluding carboxylic acids is 3. The minimum Gasteiger partial charge on any atom is -0.480 e. The molecule has 0 saturated heterocycles. The standard InChI is InChI=1S/C18H22N6O8S/c19-10(17(29)30)6-21-18(31)23-12(16(28)20-7-15(26)27)3-4-14(25)24(32)9-1-2-11-13(5-9)33-8-22-11/h1-2,5,8,10,12,32H,3-4,6-7,19H2,(H,20,28)(H,26,27)(H,29,30)(H2,21,23,31)/t10-,12-/m0/s1. The molecule has 0 aliphatic carbocycles. The minimum atomic E-state index is -1.38. The fourth-order valence-corrected chi connectivity index (χ4v) is 3.26. The van der Waals surface area contributed by atoms with E-state index >= 15 is 0 Å². The Morgan fingerprint density at radius 1 is 1.15 bits per heavy atom. The van der Waals surface area contributed by atoms with Crippen molar-refractivity contribution in [2.45, 2.75) is 24.9 Å². The summed E-state index contributed by atoms with van der Waals surface area (Å²) < 4.78 is 0.739. The number of hydrogen-bond acceptors (Lipinski definition) is 9. The maximum atomic E-state index is 12.4. The molecule has 0 saturated carbocycles. The van der Waals surface area contributed by atoms with E-state index in [1.54, 1.807) is 17.6 Å². The van der Waals surface area contributed by atoms with Gasteiger partial charge in [-0.2, -0.15) is 5.06 Å². The van der Waals surface area contributed by atoms with Crippen molar-refractivity contribution >= 4 is 57.0 Å². The van der Waals surface area contributed by atoms with Crippen LogP contribution in [0.5, 0.6) is 0 Å². The molecule has 0 radical (unpaired) electrons. The number of aliphatic carboxylic acids is 2. The highest BCUT2D eigenvalue weighted by Crippen LogP contribution is 2.24. The average Bonchev–Trinajstić information content (AvgIpc) is 3.25. The number of nitrogens with one attached hydrogen (secondary N) is 3. The molecule has 0 spiro atoms. The number of rotatable bonds is 11. The molecule has 2 atom stereocenters. The molecule has 0 bridgehead atoms. The van der Waals surface area contributed by atoms with Crippen LogP contribution in [0.3, 0.4) is 0 Å². The van der Waals surface area contributed by atoms with Crippen molar-refractivity contribution in [1.82, 2.24) is 20.9 Å². The summed E-state index contributed by atoms with van der Waals surface area (Å²) in [4.78, 5) is 62.2. The lowest BCUT2D eigenvalue weighted by Crippen LogP contribution is -2.53. The molecule has 33 heavy (non-hydrogen) atoms. The summed E-state index contributed by atoms with van der Waals surface area (Å²) in [5, 5.41) is 34.5. The molecule has 0 aliphatic rings. The number of thiazole rings is 1. The van der Waals surface area contributed by atoms with Gasteiger partial charge in [-0.1, -0.05) is 0 Å². The van der Waals surface area contributed by atoms with E-state index in [1.165, 1.54) is 17.4 Å². The molecule has 1 heterocycles. The highest BCUT2D eigenvalue weighted by molar-refractivity contribution is 7.16. The van der Waals surface area contributed by atoms with Gasteiger partial charge >= 0.3 is 18.0 Å². The van der Waals surface area contributed by atoms with E-state index in [9.17, 15) is 29.2 Å². The monoisotopic (exact) mass is 482 g/mol. The van der Waals surface area contributed by atoms with Crippen molar-refractivity contribution < 1.29 is 39.4 Å². The zero-order chi connectivity index (χ0) is 24.5. The van der Waals surface area contributed by atoms with Crippen LogP contribution in [0, 0.1) is 0 Å². The summed E-state index contributed by atoms with van der Waals surface area (Å²) in [6.07, 6.45) is -0.681. The van der Waals surface area contributed by atoms with Crippen LogP contribution < -0.4 is 26.7 Å². The number of anilines is 1. The number of nitrogens with two attached hydrogens (primary N) is 1. The van der Waals surface area contributed by atoms with Gasteiger partial charge in [-0.3, -0.25) is 24.4 Å². The van der Waals surface area contributed by atoms with E-state index in [1.807, 2.05) is 0 Å². The van der Waals surface area contributed by atoms with Gasteiger partial charge in [-0.25, -0.2) is 9.78 Å². The molecule has 178 valence electrons. The van der Waals surface area contributed by atoms with E-state index in [0.717, 1.165) is 4.70 Å². The van der Waals surface area contributed by atoms with Gasteiger partial charge in [0.05, 0.1) is 21.4 Å². The first-order chi connectivity index (χ1) is 15.6. The number of hydrogen-bond donors (Lipinski definition) is 7. The molecule has 0 fully saturated rings. The van der Waals surface area contributed by atoms with Crippen molar-refractivity contribution in [2.24, 2.45) is 5.73 Å². The van der Waals surface area contributed by atoms with Gasteiger partial charge in [0, 0.05) is 13.0 Å². The number of carbonyl (C=O) groups is 5. The molecule has 14 nitrogen and oxygen atoms in total. The van der Waals surface area contributed by atoms with Gasteiger partial charge in [-0.05, 0) is 24.6 Å². The quantitative estimate of drug-likeness (QED) is 0.154. The number of urea groups is 1. The first-order valence-electron chi connectivity index (χ1n) is 9.45. The highest BCUT2D eigenvalue weighted by atomic mass is 32.1. The van der Waals surface area contributed by atoms with Gasteiger partial charge in [0.15, 0.2) is 0 Å². The molecule has 1 aromatic carbocycles. The van der Waals surface area contributed by atoms with Crippen LogP contribution in [0.25, 0.3) is 10.2 Å². The molecular weight excluding hydrogens is 460 g/mol. The third kappa shape index (κ3) is 7.67. The lowest BCUT2D eigenvalue weighted by Gasteiger charge is -2.20. The summed E-state index contributed by atoms with van der Waals surface area (Å²) in [6.45, 7) is -1.16. The predicted octanol–water partition coefficient (Wildman–Crippen LogP) is -0.921. The van der Waals surface area contributed by atoms with Crippen molar-refractivity contribution in [3.8, 4) is 0 Å². The fourth-order valence-electron chi connectivity index (χ4n) is 2.55. The Morgan fingerprint density at radius 3 is 2.55 bits per heavy atom. The number of hydroxylamine groups is 1. The Bertz CT molecular complexity index is 1040. The second-order valence-corrected chi connectivity index (χ2v) is 7.60. The van der Waals surface area contributed by atoms with Crippen LogP contribution in [-0.2, 0) is 19.2 Å². The van der Waals surface area contributed by atoms with Crippen molar-refractivity contribution in [3.05, 3.63) is 23.7 Å². The number of nitrogens with zero attached hydrogens (tertiary/aromatic N) is 2. The summed E-state index contributed by atoms with van der Waals surface area (Å²) >= 11 is 1.31. The number of fused-ring (bicyclic) bond motifs is 1. The second-order valence-electron chi connectivity index (χ2n) is 6.71. The van der Waals surface area contributed by atoms with Crippen LogP contribution in [0.4, 0.5) is 10.5 Å². The maximum Gasteiger partial charge on any atom is 0.322 e. The van der Waals surface area contributed by atoms with E-state index in [0.29, 0.717) is 10.6 Å². The van der Waals surface area contributed by atoms with E-state index in [4.69, 9.17) is 15.9 Å². The molecule has 4 amide bonds. The van der Waals surface area contributed by atoms with Gasteiger partial charge in [0.25, 0.3) is 5.91 Å². The summed E-state index contributed by atoms with van der Waals surface area (Å²) in [6, 6.07) is 0.967. The molecule has 2 rings (SSSR count). The van der Waals surface area contributed by atoms with Gasteiger partial charge in [0.1, 0.15) is 18.6 Å². The van der Waals surface area contributed by atoms with Crippen molar-refractivity contribution in [2.75, 3.05) is 18.2 Å². The largest absolute Gasteiger partial charge is 0.480 e. The summed E-state index contributed by atoms with van der Waals surface area (Å²) in [5.41, 5.74) is 7.76. The predicted molar refractivity (Wildman–Crippen MR) is 115 cm³/mol. The Hall–Kier alpha value is -3.82. The number of carboxylic acids is 2. The maximum absolute atomic E-state index is 12.4. The Kier molecular flexibility index (Phi) is 9.02. The van der Waals surface area contributed by atoms with Crippen LogP contribution >= 0.6 is 11.3 Å². The number of aromatic nitrogens is 1. The van der Waals surface area contributed by atoms with Crippen molar-refractivity contribution in [3.63, 3.8) is 0 Å². The van der Waals surface area contributed by atoms with E-state index in [2.05, 4.69) is 20.9 Å². The first kappa shape index (κ1) is 25.4. The number of benzene rings is 1. The minimum absolute atomic E-state index is 0.178. The zero-order valence-electron chi connectivity index (χ0n) is 17.1. The fraction of sp³-hybridized carbons (Fsp3) is 0.333. The number of carboxylic acid groups (broad SMARTS) is 2. The van der Waals surface area contributed by atoms with Gasteiger partial charge in [-0.15, -0.1) is 11.3 Å². The highest BCUT2D eigenvalue weighted by Gasteiger charge is 2.24. The normalized spacial score (nSPS) is 12.4. The van der Waals surface area contributed by atoms with Crippen molar-refractivity contribution in [1.29, 1.82) is 0 Å². The third-order valence-corrected chi connectivity index (χ3v) is 5.07. The molecule has 15 heteroatoms. The Balaban J connectivity index is 2.00. The Morgan fingerprint density at radius 2 is 1.88 bits per heavy atom. The van der Waals surface area contributed by atoms with Crippen LogP contribution in [0.2, 0.25) is 0 Å². The van der Waals surface area contributed by atoms with E-state index in [-0.39, 0.29) is 12.1 Å². The second kappa shape index (κ2) is 11.7. The van der Waals surface area contributed by atoms with E-state index < -0.39 is 61.4 Å². The molecular formula is C18H22N6O8S. The summed E-state index contributed by atoms with van der Waals surface area (Å²) in [5.74, 6) is -4.35. The third-order valence-electron chi connectivity index (χ3n) is 4.28. The number of amides is 4. The van der Waals surface area contributed by atoms with Crippen LogP contribution in [0.1, 0.15) is 12.8 Å². The topological polar surface area (TPSA) is 224 Å². The average molecular weight is 482 g/mol. The SMILES string of the molecule is N[C@@H](CNC(=O)N[C@@H](CCC(=O)N(O)c1ccc2ncsc2c1)C(=O)NCC(=O)O)C(=O)O. The lowest BCUT2D eigenvalue weighted by atomic mass is 10.1. The molecule has 0 unspecified atom stereocenters. The molecule has 8 N–H and O–H groups in total. The summed E-state index contributed by atoms with van der Waals surface area (Å²) in [7, 11) is 0. The first-order valence-corrected chi connectivity index (χ1v) is 10.3. The van der Waals surface area contributed by atoms with Gasteiger partial charge < -0.3 is 31.9 Å². The van der Waals surface area contributed by atoms with Crippen LogP contribution in [-0.4, -0.2) is 75.4 Å². The van der Waals surface area contributed by atoms with Gasteiger partial charge in [0.2, 0.25) is 5.91 Å².